The molecule has 1 amide bonds. The molecular formula is C18H24FN3O3. The molecule has 0 saturated heterocycles. The molecule has 0 aliphatic rings. The molecule has 0 aliphatic heterocycles. The minimum atomic E-state index is -1.07. The molecule has 1 aromatic heterocycles. The second-order valence-corrected chi connectivity index (χ2v) is 6.37. The van der Waals surface area contributed by atoms with E-state index in [1.807, 2.05) is 18.2 Å². The molecule has 2 N–H and O–H groups in total. The van der Waals surface area contributed by atoms with Crippen LogP contribution >= 0.6 is 0 Å². The van der Waals surface area contributed by atoms with E-state index < -0.39 is 17.9 Å². The molecule has 0 aliphatic carbocycles. The van der Waals surface area contributed by atoms with Gasteiger partial charge in [0.25, 0.3) is 5.91 Å². The van der Waals surface area contributed by atoms with Crippen LogP contribution in [0.5, 0.6) is 0 Å². The number of carbonyl (C=O) groups excluding carboxylic acids is 1. The number of aliphatic carboxylic acids is 1. The third-order valence-corrected chi connectivity index (χ3v) is 4.10. The van der Waals surface area contributed by atoms with E-state index in [4.69, 9.17) is 0 Å². The zero-order valence-electron chi connectivity index (χ0n) is 14.5. The van der Waals surface area contributed by atoms with E-state index in [0.717, 1.165) is 18.4 Å². The summed E-state index contributed by atoms with van der Waals surface area (Å²) in [4.78, 5) is 23.9. The smallest absolute Gasteiger partial charge is 0.326 e. The number of alkyl halides is 1. The van der Waals surface area contributed by atoms with Crippen molar-refractivity contribution >= 4 is 22.8 Å². The number of nitrogens with zero attached hydrogens (tertiary/aromatic N) is 2. The lowest BCUT2D eigenvalue weighted by atomic mass is 10.0. The van der Waals surface area contributed by atoms with Crippen LogP contribution in [0, 0.1) is 5.92 Å². The maximum atomic E-state index is 12.6. The van der Waals surface area contributed by atoms with Gasteiger partial charge in [-0.25, -0.2) is 4.79 Å². The van der Waals surface area contributed by atoms with Crippen molar-refractivity contribution in [2.75, 3.05) is 6.67 Å². The van der Waals surface area contributed by atoms with Crippen molar-refractivity contribution in [3.8, 4) is 0 Å². The quantitative estimate of drug-likeness (QED) is 0.682. The lowest BCUT2D eigenvalue weighted by molar-refractivity contribution is -0.140. The Hall–Kier alpha value is -2.44. The molecule has 2 aromatic rings. The van der Waals surface area contributed by atoms with Crippen molar-refractivity contribution in [1.29, 1.82) is 0 Å². The minimum absolute atomic E-state index is 0.216. The number of fused-ring (bicyclic) bond motifs is 1. The summed E-state index contributed by atoms with van der Waals surface area (Å²) in [6.07, 6.45) is 2.03. The van der Waals surface area contributed by atoms with Gasteiger partial charge >= 0.3 is 5.97 Å². The topological polar surface area (TPSA) is 84.2 Å². The summed E-state index contributed by atoms with van der Waals surface area (Å²) < 4.78 is 13.9. The second kappa shape index (κ2) is 8.60. The van der Waals surface area contributed by atoms with E-state index in [2.05, 4.69) is 10.4 Å². The Morgan fingerprint density at radius 3 is 2.60 bits per heavy atom. The summed E-state index contributed by atoms with van der Waals surface area (Å²) in [6, 6.07) is 6.36. The summed E-state index contributed by atoms with van der Waals surface area (Å²) in [5.74, 6) is -1.81. The average molecular weight is 349 g/mol. The molecule has 0 fully saturated rings. The number of para-hydroxylation sites is 1. The van der Waals surface area contributed by atoms with Crippen molar-refractivity contribution in [2.24, 2.45) is 5.92 Å². The summed E-state index contributed by atoms with van der Waals surface area (Å²) in [7, 11) is 0. The fourth-order valence-electron chi connectivity index (χ4n) is 2.72. The van der Waals surface area contributed by atoms with Gasteiger partial charge in [0.05, 0.1) is 12.2 Å². The van der Waals surface area contributed by atoms with Gasteiger partial charge in [0.15, 0.2) is 5.69 Å². The standard InChI is InChI=1S/C18H24FN3O3/c1-12(2)15(18(24)25)20-17(23)16-13-8-4-5-9-14(13)22(21-16)11-7-3-6-10-19/h4-5,8-9,12,15H,3,6-7,10-11H2,1-2H3,(H,20,23)(H,24,25). The molecule has 1 aromatic carbocycles. The predicted molar refractivity (Wildman–Crippen MR) is 93.3 cm³/mol. The highest BCUT2D eigenvalue weighted by molar-refractivity contribution is 6.05. The largest absolute Gasteiger partial charge is 0.480 e. The fourth-order valence-corrected chi connectivity index (χ4v) is 2.72. The maximum absolute atomic E-state index is 12.6. The Morgan fingerprint density at radius 2 is 1.96 bits per heavy atom. The number of carboxylic acid groups (broad SMARTS) is 1. The van der Waals surface area contributed by atoms with Gasteiger partial charge in [-0.05, 0) is 31.2 Å². The number of aryl methyl sites for hydroxylation is 1. The Balaban J connectivity index is 2.25. The van der Waals surface area contributed by atoms with Gasteiger partial charge < -0.3 is 10.4 Å². The number of halogens is 1. The number of benzene rings is 1. The number of aromatic nitrogens is 2. The van der Waals surface area contributed by atoms with Crippen molar-refractivity contribution in [3.63, 3.8) is 0 Å². The SMILES string of the molecule is CC(C)C(NC(=O)c1nn(CCCCCF)c2ccccc12)C(=O)O. The highest BCUT2D eigenvalue weighted by Gasteiger charge is 2.26. The first-order chi connectivity index (χ1) is 12.0. The molecule has 25 heavy (non-hydrogen) atoms. The van der Waals surface area contributed by atoms with Crippen LogP contribution in [-0.4, -0.2) is 39.5 Å². The number of unbranched alkanes of at least 4 members (excludes halogenated alkanes) is 2. The van der Waals surface area contributed by atoms with Crippen LogP contribution in [0.4, 0.5) is 4.39 Å². The molecule has 0 saturated carbocycles. The first-order valence-electron chi connectivity index (χ1n) is 8.51. The van der Waals surface area contributed by atoms with Gasteiger partial charge in [-0.3, -0.25) is 13.9 Å². The average Bonchev–Trinajstić information content (AvgIpc) is 2.95. The van der Waals surface area contributed by atoms with Crippen molar-refractivity contribution in [1.82, 2.24) is 15.1 Å². The molecule has 0 radical (unpaired) electrons. The van der Waals surface area contributed by atoms with Crippen molar-refractivity contribution < 1.29 is 19.1 Å². The fraction of sp³-hybridized carbons (Fsp3) is 0.500. The van der Waals surface area contributed by atoms with Gasteiger partial charge in [-0.1, -0.05) is 32.0 Å². The second-order valence-electron chi connectivity index (χ2n) is 6.37. The number of hydrogen-bond donors (Lipinski definition) is 2. The lowest BCUT2D eigenvalue weighted by Crippen LogP contribution is -2.44. The molecule has 0 bridgehead atoms. The van der Waals surface area contributed by atoms with Gasteiger partial charge in [0.2, 0.25) is 0 Å². The zero-order valence-corrected chi connectivity index (χ0v) is 14.5. The molecule has 7 heteroatoms. The van der Waals surface area contributed by atoms with Crippen LogP contribution in [0.25, 0.3) is 10.9 Å². The van der Waals surface area contributed by atoms with Gasteiger partial charge in [-0.15, -0.1) is 0 Å². The number of nitrogens with one attached hydrogen (secondary N) is 1. The van der Waals surface area contributed by atoms with Crippen LogP contribution in [0.3, 0.4) is 0 Å². The summed E-state index contributed by atoms with van der Waals surface area (Å²) in [6.45, 7) is 3.72. The Bertz CT molecular complexity index is 742. The minimum Gasteiger partial charge on any atom is -0.480 e. The molecular weight excluding hydrogens is 325 g/mol. The summed E-state index contributed by atoms with van der Waals surface area (Å²) >= 11 is 0. The van der Waals surface area contributed by atoms with E-state index in [1.54, 1.807) is 24.6 Å². The molecule has 0 spiro atoms. The van der Waals surface area contributed by atoms with Gasteiger partial charge in [0.1, 0.15) is 6.04 Å². The Morgan fingerprint density at radius 1 is 1.24 bits per heavy atom. The Kier molecular flexibility index (Phi) is 6.50. The predicted octanol–water partition coefficient (Wildman–Crippen LogP) is 3.02. The number of hydrogen-bond acceptors (Lipinski definition) is 3. The first-order valence-corrected chi connectivity index (χ1v) is 8.51. The number of rotatable bonds is 9. The van der Waals surface area contributed by atoms with E-state index in [1.165, 1.54) is 0 Å². The highest BCUT2D eigenvalue weighted by Crippen LogP contribution is 2.19. The van der Waals surface area contributed by atoms with E-state index in [-0.39, 0.29) is 18.3 Å². The lowest BCUT2D eigenvalue weighted by Gasteiger charge is -2.17. The van der Waals surface area contributed by atoms with Crippen LogP contribution in [0.15, 0.2) is 24.3 Å². The maximum Gasteiger partial charge on any atom is 0.326 e. The Labute approximate surface area is 146 Å². The van der Waals surface area contributed by atoms with Crippen molar-refractivity contribution in [3.05, 3.63) is 30.0 Å². The normalized spacial score (nSPS) is 12.5. The molecule has 1 heterocycles. The van der Waals surface area contributed by atoms with E-state index in [0.29, 0.717) is 18.4 Å². The van der Waals surface area contributed by atoms with E-state index >= 15 is 0 Å². The number of amides is 1. The monoisotopic (exact) mass is 349 g/mol. The van der Waals surface area contributed by atoms with Crippen LogP contribution < -0.4 is 5.32 Å². The molecule has 1 atom stereocenters. The zero-order chi connectivity index (χ0) is 18.4. The summed E-state index contributed by atoms with van der Waals surface area (Å²) in [5, 5.41) is 16.9. The highest BCUT2D eigenvalue weighted by atomic mass is 19.1. The first kappa shape index (κ1) is 18.9. The third-order valence-electron chi connectivity index (χ3n) is 4.10. The molecule has 136 valence electrons. The van der Waals surface area contributed by atoms with Gasteiger partial charge in [0, 0.05) is 11.9 Å². The van der Waals surface area contributed by atoms with Crippen molar-refractivity contribution in [2.45, 2.75) is 45.7 Å². The number of carboxylic acids is 1. The molecule has 6 nitrogen and oxygen atoms in total. The molecule has 1 unspecified atom stereocenters. The van der Waals surface area contributed by atoms with E-state index in [9.17, 15) is 19.1 Å². The van der Waals surface area contributed by atoms with Crippen LogP contribution in [-0.2, 0) is 11.3 Å². The third kappa shape index (κ3) is 4.55. The number of carbonyl (C=O) groups is 2. The summed E-state index contributed by atoms with van der Waals surface area (Å²) in [5.41, 5.74) is 1.03. The van der Waals surface area contributed by atoms with Crippen LogP contribution in [0.2, 0.25) is 0 Å². The van der Waals surface area contributed by atoms with Gasteiger partial charge in [-0.2, -0.15) is 5.10 Å². The molecule has 2 rings (SSSR count). The van der Waals surface area contributed by atoms with Crippen LogP contribution in [0.1, 0.15) is 43.6 Å².